The lowest BCUT2D eigenvalue weighted by Crippen LogP contribution is -2.49. The van der Waals surface area contributed by atoms with Crippen molar-refractivity contribution in [1.82, 2.24) is 14.9 Å². The highest BCUT2D eigenvalue weighted by Crippen LogP contribution is 2.26. The minimum Gasteiger partial charge on any atom is -0.495 e. The van der Waals surface area contributed by atoms with Crippen LogP contribution in [0.15, 0.2) is 36.7 Å². The van der Waals surface area contributed by atoms with E-state index in [4.69, 9.17) is 10.5 Å². The molecule has 2 heterocycles. The van der Waals surface area contributed by atoms with E-state index in [1.165, 1.54) is 0 Å². The van der Waals surface area contributed by atoms with Gasteiger partial charge in [-0.3, -0.25) is 9.69 Å². The van der Waals surface area contributed by atoms with Crippen molar-refractivity contribution >= 4 is 23.2 Å². The molecule has 25 heavy (non-hydrogen) atoms. The van der Waals surface area contributed by atoms with Gasteiger partial charge >= 0.3 is 0 Å². The zero-order valence-electron chi connectivity index (χ0n) is 14.2. The van der Waals surface area contributed by atoms with E-state index in [-0.39, 0.29) is 5.91 Å². The van der Waals surface area contributed by atoms with Gasteiger partial charge < -0.3 is 20.7 Å². The summed E-state index contributed by atoms with van der Waals surface area (Å²) >= 11 is 0. The number of nitrogens with two attached hydrogens (primary N) is 1. The molecule has 0 atom stereocenters. The van der Waals surface area contributed by atoms with Crippen molar-refractivity contribution in [1.29, 1.82) is 0 Å². The molecule has 0 unspecified atom stereocenters. The Morgan fingerprint density at radius 2 is 1.96 bits per heavy atom. The number of nitrogens with one attached hydrogen (secondary N) is 1. The summed E-state index contributed by atoms with van der Waals surface area (Å²) in [5.74, 6) is 1.23. The summed E-state index contributed by atoms with van der Waals surface area (Å²) < 4.78 is 5.25. The van der Waals surface area contributed by atoms with Gasteiger partial charge in [0.25, 0.3) is 0 Å². The Morgan fingerprint density at radius 1 is 1.24 bits per heavy atom. The van der Waals surface area contributed by atoms with Crippen molar-refractivity contribution in [2.75, 3.05) is 55.8 Å². The number of amides is 1. The average Bonchev–Trinajstić information content (AvgIpc) is 2.63. The Hall–Kier alpha value is -2.87. The van der Waals surface area contributed by atoms with E-state index in [2.05, 4.69) is 25.1 Å². The summed E-state index contributed by atoms with van der Waals surface area (Å²) in [7, 11) is 1.56. The van der Waals surface area contributed by atoms with Gasteiger partial charge in [-0.05, 0) is 24.3 Å². The summed E-state index contributed by atoms with van der Waals surface area (Å²) in [5, 5.41) is 2.87. The van der Waals surface area contributed by atoms with Gasteiger partial charge in [0, 0.05) is 44.3 Å². The molecule has 8 heteroatoms. The topological polar surface area (TPSA) is 96.6 Å². The molecule has 2 aromatic rings. The van der Waals surface area contributed by atoms with Crippen LogP contribution in [0.1, 0.15) is 0 Å². The van der Waals surface area contributed by atoms with Crippen LogP contribution in [0.3, 0.4) is 0 Å². The number of piperazine rings is 1. The fourth-order valence-electron chi connectivity index (χ4n) is 2.78. The van der Waals surface area contributed by atoms with Crippen molar-refractivity contribution < 1.29 is 9.53 Å². The summed E-state index contributed by atoms with van der Waals surface area (Å²) in [4.78, 5) is 25.1. The average molecular weight is 342 g/mol. The van der Waals surface area contributed by atoms with Crippen molar-refractivity contribution in [2.45, 2.75) is 0 Å². The van der Waals surface area contributed by atoms with Crippen LogP contribution in [0.25, 0.3) is 0 Å². The standard InChI is InChI=1S/C17H22N6O2/c1-25-15-4-3-13(18)11-14(15)21-16(24)12-22-7-9-23(10-8-22)17-19-5-2-6-20-17/h2-6,11H,7-10,12,18H2,1H3,(H,21,24). The molecule has 0 bridgehead atoms. The van der Waals surface area contributed by atoms with E-state index in [0.29, 0.717) is 23.7 Å². The minimum atomic E-state index is -0.0895. The number of methoxy groups -OCH3 is 1. The molecule has 1 fully saturated rings. The minimum absolute atomic E-state index is 0.0895. The second-order valence-corrected chi connectivity index (χ2v) is 5.82. The summed E-state index contributed by atoms with van der Waals surface area (Å²) in [6.45, 7) is 3.46. The third kappa shape index (κ3) is 4.36. The predicted octanol–water partition coefficient (Wildman–Crippen LogP) is 0.828. The lowest BCUT2D eigenvalue weighted by Gasteiger charge is -2.34. The van der Waals surface area contributed by atoms with E-state index in [1.54, 1.807) is 43.8 Å². The van der Waals surface area contributed by atoms with Crippen molar-refractivity contribution in [3.05, 3.63) is 36.7 Å². The molecule has 1 aliphatic heterocycles. The second kappa shape index (κ2) is 7.80. The van der Waals surface area contributed by atoms with E-state index in [0.717, 1.165) is 32.1 Å². The molecule has 0 aliphatic carbocycles. The molecule has 3 N–H and O–H groups in total. The summed E-state index contributed by atoms with van der Waals surface area (Å²) in [5.41, 5.74) is 6.94. The van der Waals surface area contributed by atoms with Crippen LogP contribution < -0.4 is 20.7 Å². The first-order valence-electron chi connectivity index (χ1n) is 8.13. The predicted molar refractivity (Wildman–Crippen MR) is 96.7 cm³/mol. The molecule has 1 saturated heterocycles. The number of aromatic nitrogens is 2. The maximum absolute atomic E-state index is 12.3. The Bertz CT molecular complexity index is 716. The van der Waals surface area contributed by atoms with Gasteiger partial charge in [0.05, 0.1) is 19.3 Å². The number of rotatable bonds is 5. The van der Waals surface area contributed by atoms with Crippen LogP contribution in [0.2, 0.25) is 0 Å². The van der Waals surface area contributed by atoms with Crippen LogP contribution in [0, 0.1) is 0 Å². The summed E-state index contributed by atoms with van der Waals surface area (Å²) in [6, 6.07) is 6.97. The summed E-state index contributed by atoms with van der Waals surface area (Å²) in [6.07, 6.45) is 3.47. The molecule has 0 radical (unpaired) electrons. The Balaban J connectivity index is 1.52. The van der Waals surface area contributed by atoms with E-state index >= 15 is 0 Å². The number of carbonyl (C=O) groups is 1. The number of hydrogen-bond donors (Lipinski definition) is 2. The number of benzene rings is 1. The number of hydrogen-bond acceptors (Lipinski definition) is 7. The fraction of sp³-hybridized carbons (Fsp3) is 0.353. The highest BCUT2D eigenvalue weighted by atomic mass is 16.5. The quantitative estimate of drug-likeness (QED) is 0.777. The maximum Gasteiger partial charge on any atom is 0.238 e. The van der Waals surface area contributed by atoms with Gasteiger partial charge in [-0.15, -0.1) is 0 Å². The van der Waals surface area contributed by atoms with Crippen LogP contribution in [0.4, 0.5) is 17.3 Å². The monoisotopic (exact) mass is 342 g/mol. The van der Waals surface area contributed by atoms with Crippen molar-refractivity contribution in [2.24, 2.45) is 0 Å². The first kappa shape index (κ1) is 17.0. The molecule has 1 aromatic carbocycles. The van der Waals surface area contributed by atoms with Gasteiger partial charge in [-0.25, -0.2) is 9.97 Å². The SMILES string of the molecule is COc1ccc(N)cc1NC(=O)CN1CCN(c2ncccn2)CC1. The van der Waals surface area contributed by atoms with Crippen LogP contribution in [0.5, 0.6) is 5.75 Å². The number of anilines is 3. The lowest BCUT2D eigenvalue weighted by atomic mass is 10.2. The van der Waals surface area contributed by atoms with E-state index in [1.807, 2.05) is 0 Å². The Labute approximate surface area is 146 Å². The fourth-order valence-corrected chi connectivity index (χ4v) is 2.78. The highest BCUT2D eigenvalue weighted by Gasteiger charge is 2.20. The maximum atomic E-state index is 12.3. The number of nitrogen functional groups attached to an aromatic ring is 1. The molecular weight excluding hydrogens is 320 g/mol. The zero-order valence-corrected chi connectivity index (χ0v) is 14.2. The molecule has 1 aromatic heterocycles. The van der Waals surface area contributed by atoms with Gasteiger partial charge in [0.2, 0.25) is 11.9 Å². The van der Waals surface area contributed by atoms with Gasteiger partial charge in [0.1, 0.15) is 5.75 Å². The Kier molecular flexibility index (Phi) is 5.30. The van der Waals surface area contributed by atoms with Gasteiger partial charge in [-0.2, -0.15) is 0 Å². The third-order valence-electron chi connectivity index (χ3n) is 4.07. The molecule has 1 aliphatic rings. The molecule has 3 rings (SSSR count). The zero-order chi connectivity index (χ0) is 17.6. The number of nitrogens with zero attached hydrogens (tertiary/aromatic N) is 4. The normalized spacial score (nSPS) is 15.0. The van der Waals surface area contributed by atoms with E-state index < -0.39 is 0 Å². The Morgan fingerprint density at radius 3 is 2.64 bits per heavy atom. The second-order valence-electron chi connectivity index (χ2n) is 5.82. The van der Waals surface area contributed by atoms with Gasteiger partial charge in [-0.1, -0.05) is 0 Å². The number of ether oxygens (including phenoxy) is 1. The largest absolute Gasteiger partial charge is 0.495 e. The molecule has 132 valence electrons. The van der Waals surface area contributed by atoms with Crippen molar-refractivity contribution in [3.8, 4) is 5.75 Å². The highest BCUT2D eigenvalue weighted by molar-refractivity contribution is 5.94. The molecule has 0 spiro atoms. The van der Waals surface area contributed by atoms with Crippen LogP contribution in [-0.2, 0) is 4.79 Å². The first-order valence-corrected chi connectivity index (χ1v) is 8.13. The lowest BCUT2D eigenvalue weighted by molar-refractivity contribution is -0.117. The number of carbonyl (C=O) groups excluding carboxylic acids is 1. The van der Waals surface area contributed by atoms with E-state index in [9.17, 15) is 4.79 Å². The smallest absolute Gasteiger partial charge is 0.238 e. The van der Waals surface area contributed by atoms with Crippen LogP contribution >= 0.6 is 0 Å². The molecule has 8 nitrogen and oxygen atoms in total. The molecule has 0 saturated carbocycles. The third-order valence-corrected chi connectivity index (χ3v) is 4.07. The first-order chi connectivity index (χ1) is 12.2. The molecule has 1 amide bonds. The van der Waals surface area contributed by atoms with Crippen molar-refractivity contribution in [3.63, 3.8) is 0 Å². The van der Waals surface area contributed by atoms with Crippen LogP contribution in [-0.4, -0.2) is 60.6 Å². The van der Waals surface area contributed by atoms with Gasteiger partial charge in [0.15, 0.2) is 0 Å². The molecular formula is C17H22N6O2.